The number of rotatable bonds is 6. The van der Waals surface area contributed by atoms with Crippen LogP contribution in [0.15, 0.2) is 24.3 Å². The Hall–Kier alpha value is -1.88. The molecule has 0 aromatic heterocycles. The zero-order valence-electron chi connectivity index (χ0n) is 14.5. The maximum atomic E-state index is 12.5. The maximum absolute atomic E-state index is 12.5. The van der Waals surface area contributed by atoms with Gasteiger partial charge >= 0.3 is 0 Å². The first-order valence-electron chi connectivity index (χ1n) is 8.15. The zero-order chi connectivity index (χ0) is 17.0. The van der Waals surface area contributed by atoms with Crippen LogP contribution in [0.25, 0.3) is 0 Å². The van der Waals surface area contributed by atoms with Crippen LogP contribution in [-0.2, 0) is 9.59 Å². The topological polar surface area (TPSA) is 52.7 Å². The summed E-state index contributed by atoms with van der Waals surface area (Å²) in [6, 6.07) is 7.91. The molecule has 1 aliphatic rings. The van der Waals surface area contributed by atoms with Crippen molar-refractivity contribution in [2.75, 3.05) is 34.2 Å². The van der Waals surface area contributed by atoms with E-state index >= 15 is 0 Å². The van der Waals surface area contributed by atoms with E-state index < -0.39 is 0 Å². The second-order valence-corrected chi connectivity index (χ2v) is 6.62. The number of nitrogens with zero attached hydrogens (tertiary/aromatic N) is 2. The molecular weight excluding hydrogens is 290 g/mol. The molecule has 5 nitrogen and oxygen atoms in total. The highest BCUT2D eigenvalue weighted by Crippen LogP contribution is 2.37. The van der Waals surface area contributed by atoms with E-state index in [1.54, 1.807) is 11.9 Å². The van der Waals surface area contributed by atoms with Crippen molar-refractivity contribution in [2.24, 2.45) is 5.92 Å². The van der Waals surface area contributed by atoms with E-state index in [2.05, 4.69) is 10.2 Å². The second-order valence-electron chi connectivity index (χ2n) is 6.62. The zero-order valence-corrected chi connectivity index (χ0v) is 14.5. The van der Waals surface area contributed by atoms with Crippen molar-refractivity contribution in [1.29, 1.82) is 0 Å². The summed E-state index contributed by atoms with van der Waals surface area (Å²) in [5, 5.41) is 2.99. The van der Waals surface area contributed by atoms with Crippen molar-refractivity contribution in [2.45, 2.75) is 25.8 Å². The molecule has 1 aliphatic heterocycles. The van der Waals surface area contributed by atoms with Gasteiger partial charge in [-0.05, 0) is 39.5 Å². The highest BCUT2D eigenvalue weighted by atomic mass is 16.2. The van der Waals surface area contributed by atoms with Gasteiger partial charge in [-0.2, -0.15) is 0 Å². The largest absolute Gasteiger partial charge is 0.356 e. The molecule has 0 spiro atoms. The lowest BCUT2D eigenvalue weighted by atomic mass is 9.92. The number of benzene rings is 1. The minimum absolute atomic E-state index is 0.0213. The fourth-order valence-electron chi connectivity index (χ4n) is 3.06. The number of likely N-dealkylation sites (tertiary alicyclic amines) is 1. The Morgan fingerprint density at radius 3 is 2.57 bits per heavy atom. The summed E-state index contributed by atoms with van der Waals surface area (Å²) in [6.45, 7) is 3.61. The average molecular weight is 317 g/mol. The summed E-state index contributed by atoms with van der Waals surface area (Å²) in [6.07, 6.45) is 1.19. The Balaban J connectivity index is 2.04. The number of carbonyl (C=O) groups excluding carboxylic acids is 2. The molecule has 0 aliphatic carbocycles. The highest BCUT2D eigenvalue weighted by molar-refractivity contribution is 5.90. The van der Waals surface area contributed by atoms with E-state index in [1.807, 2.05) is 45.3 Å². The first-order valence-corrected chi connectivity index (χ1v) is 8.15. The predicted octanol–water partition coefficient (Wildman–Crippen LogP) is 1.58. The Labute approximate surface area is 138 Å². The predicted molar refractivity (Wildman–Crippen MR) is 91.0 cm³/mol. The molecule has 1 aromatic rings. The van der Waals surface area contributed by atoms with Crippen molar-refractivity contribution in [3.8, 4) is 0 Å². The van der Waals surface area contributed by atoms with E-state index in [0.29, 0.717) is 6.54 Å². The van der Waals surface area contributed by atoms with Crippen LogP contribution < -0.4 is 5.32 Å². The van der Waals surface area contributed by atoms with Crippen LogP contribution in [0.3, 0.4) is 0 Å². The van der Waals surface area contributed by atoms with Gasteiger partial charge in [0.05, 0.1) is 12.0 Å². The molecule has 1 aromatic carbocycles. The van der Waals surface area contributed by atoms with Gasteiger partial charge in [0.1, 0.15) is 0 Å². The highest BCUT2D eigenvalue weighted by Gasteiger charge is 2.42. The van der Waals surface area contributed by atoms with Crippen LogP contribution in [0, 0.1) is 12.8 Å². The third kappa shape index (κ3) is 4.32. The molecule has 0 saturated carbocycles. The quantitative estimate of drug-likeness (QED) is 0.811. The molecule has 1 N–H and O–H groups in total. The molecule has 2 amide bonds. The Kier molecular flexibility index (Phi) is 5.77. The van der Waals surface area contributed by atoms with Crippen molar-refractivity contribution >= 4 is 11.8 Å². The van der Waals surface area contributed by atoms with Gasteiger partial charge in [-0.3, -0.25) is 9.59 Å². The molecule has 126 valence electrons. The Morgan fingerprint density at radius 2 is 1.96 bits per heavy atom. The van der Waals surface area contributed by atoms with Crippen molar-refractivity contribution in [1.82, 2.24) is 15.1 Å². The number of nitrogens with one attached hydrogen (secondary N) is 1. The van der Waals surface area contributed by atoms with Crippen LogP contribution in [0.4, 0.5) is 0 Å². The average Bonchev–Trinajstić information content (AvgIpc) is 2.80. The number of aryl methyl sites for hydroxylation is 1. The van der Waals surface area contributed by atoms with E-state index in [9.17, 15) is 9.59 Å². The molecule has 2 rings (SSSR count). The monoisotopic (exact) mass is 317 g/mol. The first-order chi connectivity index (χ1) is 10.9. The van der Waals surface area contributed by atoms with Gasteiger partial charge in [-0.1, -0.05) is 29.8 Å². The smallest absolute Gasteiger partial charge is 0.226 e. The third-order valence-corrected chi connectivity index (χ3v) is 4.42. The van der Waals surface area contributed by atoms with Crippen LogP contribution in [0.5, 0.6) is 0 Å². The molecule has 1 heterocycles. The summed E-state index contributed by atoms with van der Waals surface area (Å²) in [7, 11) is 5.81. The minimum atomic E-state index is -0.311. The molecule has 1 fully saturated rings. The molecule has 0 radical (unpaired) electrons. The summed E-state index contributed by atoms with van der Waals surface area (Å²) < 4.78 is 0. The van der Waals surface area contributed by atoms with E-state index in [1.165, 1.54) is 5.56 Å². The normalized spacial score (nSPS) is 21.1. The fourth-order valence-corrected chi connectivity index (χ4v) is 3.06. The SMILES string of the molecule is Cc1ccc([C@H]2[C@H](C(=O)NCCCN(C)C)CC(=O)N2C)cc1. The molecule has 0 bridgehead atoms. The van der Waals surface area contributed by atoms with Gasteiger partial charge < -0.3 is 15.1 Å². The maximum Gasteiger partial charge on any atom is 0.226 e. The van der Waals surface area contributed by atoms with Gasteiger partial charge in [0.25, 0.3) is 0 Å². The van der Waals surface area contributed by atoms with Crippen molar-refractivity contribution < 1.29 is 9.59 Å². The fraction of sp³-hybridized carbons (Fsp3) is 0.556. The minimum Gasteiger partial charge on any atom is -0.356 e. The van der Waals surface area contributed by atoms with E-state index in [4.69, 9.17) is 0 Å². The number of hydrogen-bond donors (Lipinski definition) is 1. The summed E-state index contributed by atoms with van der Waals surface area (Å²) >= 11 is 0. The summed E-state index contributed by atoms with van der Waals surface area (Å²) in [5.41, 5.74) is 2.20. The molecule has 0 unspecified atom stereocenters. The van der Waals surface area contributed by atoms with Gasteiger partial charge in [0.15, 0.2) is 0 Å². The van der Waals surface area contributed by atoms with E-state index in [-0.39, 0.29) is 30.2 Å². The Morgan fingerprint density at radius 1 is 1.30 bits per heavy atom. The van der Waals surface area contributed by atoms with E-state index in [0.717, 1.165) is 18.5 Å². The lowest BCUT2D eigenvalue weighted by Crippen LogP contribution is -2.35. The van der Waals surface area contributed by atoms with Gasteiger partial charge in [0.2, 0.25) is 11.8 Å². The second kappa shape index (κ2) is 7.59. The molecule has 5 heteroatoms. The van der Waals surface area contributed by atoms with Crippen LogP contribution in [0.1, 0.15) is 30.0 Å². The molecule has 1 saturated heterocycles. The van der Waals surface area contributed by atoms with Gasteiger partial charge in [-0.15, -0.1) is 0 Å². The molecule has 2 atom stereocenters. The number of hydrogen-bond acceptors (Lipinski definition) is 3. The summed E-state index contributed by atoms with van der Waals surface area (Å²) in [5.74, 6) is -0.300. The van der Waals surface area contributed by atoms with Crippen molar-refractivity contribution in [3.63, 3.8) is 0 Å². The third-order valence-electron chi connectivity index (χ3n) is 4.42. The first kappa shape index (κ1) is 17.5. The van der Waals surface area contributed by atoms with Gasteiger partial charge in [-0.25, -0.2) is 0 Å². The van der Waals surface area contributed by atoms with Crippen molar-refractivity contribution in [3.05, 3.63) is 35.4 Å². The van der Waals surface area contributed by atoms with Gasteiger partial charge in [0, 0.05) is 20.0 Å². The lowest BCUT2D eigenvalue weighted by Gasteiger charge is -2.25. The van der Waals surface area contributed by atoms with Crippen LogP contribution in [0.2, 0.25) is 0 Å². The molecule has 23 heavy (non-hydrogen) atoms. The summed E-state index contributed by atoms with van der Waals surface area (Å²) in [4.78, 5) is 28.4. The number of amides is 2. The Bertz CT molecular complexity index is 554. The lowest BCUT2D eigenvalue weighted by molar-refractivity contribution is -0.128. The molecular formula is C18H27N3O2. The standard InChI is InChI=1S/C18H27N3O2/c1-13-6-8-14(9-7-13)17-15(12-16(22)21(17)4)18(23)19-10-5-11-20(2)3/h6-9,15,17H,5,10-12H2,1-4H3,(H,19,23)/t15-,17+/m1/s1. The van der Waals surface area contributed by atoms with Crippen LogP contribution in [-0.4, -0.2) is 55.8 Å². The van der Waals surface area contributed by atoms with Crippen LogP contribution >= 0.6 is 0 Å². The number of carbonyl (C=O) groups is 2.